The number of aromatic nitrogens is 2. The summed E-state index contributed by atoms with van der Waals surface area (Å²) >= 11 is 0. The zero-order chi connectivity index (χ0) is 20.9. The number of hydrogen-bond acceptors (Lipinski definition) is 3. The van der Waals surface area contributed by atoms with Crippen LogP contribution in [0.4, 0.5) is 17.6 Å². The van der Waals surface area contributed by atoms with Crippen LogP contribution in [-0.2, 0) is 12.3 Å². The lowest BCUT2D eigenvalue weighted by Gasteiger charge is -2.28. The number of fused-ring (bicyclic) bond motifs is 1. The van der Waals surface area contributed by atoms with Crippen LogP contribution in [0.15, 0.2) is 6.07 Å². The van der Waals surface area contributed by atoms with E-state index in [-0.39, 0.29) is 66.2 Å². The first kappa shape index (κ1) is 20.1. The van der Waals surface area contributed by atoms with Crippen LogP contribution < -0.4 is 0 Å². The highest BCUT2D eigenvalue weighted by Crippen LogP contribution is 2.40. The maximum Gasteiger partial charge on any atom is 0.336 e. The SMILES string of the molecule is Cc1c(C(=O)O)cc2nc(C(C)(F)F)c(CC3CCC(F)(F)CC3)n2c1C#N. The van der Waals surface area contributed by atoms with E-state index >= 15 is 0 Å². The minimum Gasteiger partial charge on any atom is -0.478 e. The number of halogens is 4. The Morgan fingerprint density at radius 2 is 2.04 bits per heavy atom. The molecular weight excluding hydrogens is 378 g/mol. The van der Waals surface area contributed by atoms with Crippen molar-refractivity contribution >= 4 is 11.6 Å². The van der Waals surface area contributed by atoms with E-state index in [1.54, 1.807) is 0 Å². The van der Waals surface area contributed by atoms with Crippen molar-refractivity contribution in [1.82, 2.24) is 9.38 Å². The Labute approximate surface area is 158 Å². The Bertz CT molecular complexity index is 976. The number of carbonyl (C=O) groups is 1. The normalized spacial score (nSPS) is 17.6. The van der Waals surface area contributed by atoms with Gasteiger partial charge in [-0.25, -0.2) is 18.6 Å². The Balaban J connectivity index is 2.18. The van der Waals surface area contributed by atoms with E-state index in [1.165, 1.54) is 11.3 Å². The Morgan fingerprint density at radius 1 is 1.43 bits per heavy atom. The standard InChI is InChI=1S/C19H19F4N3O2/c1-10-12(17(27)28)8-15-25-16(18(2,20)21)13(26(15)14(10)9-24)7-11-3-5-19(22,23)6-4-11/h8,11H,3-7H2,1-2H3,(H,27,28). The number of nitrogens with zero attached hydrogens (tertiary/aromatic N) is 3. The van der Waals surface area contributed by atoms with E-state index in [0.717, 1.165) is 6.07 Å². The largest absolute Gasteiger partial charge is 0.478 e. The topological polar surface area (TPSA) is 78.4 Å². The summed E-state index contributed by atoms with van der Waals surface area (Å²) in [6, 6.07) is 3.04. The predicted molar refractivity (Wildman–Crippen MR) is 91.8 cm³/mol. The molecule has 1 saturated carbocycles. The molecule has 0 aliphatic heterocycles. The van der Waals surface area contributed by atoms with Gasteiger partial charge >= 0.3 is 5.97 Å². The zero-order valence-electron chi connectivity index (χ0n) is 15.4. The van der Waals surface area contributed by atoms with Gasteiger partial charge in [-0.05, 0) is 43.7 Å². The van der Waals surface area contributed by atoms with E-state index in [0.29, 0.717) is 6.92 Å². The van der Waals surface area contributed by atoms with E-state index in [9.17, 15) is 32.7 Å². The number of carboxylic acids is 1. The second-order valence-electron chi connectivity index (χ2n) is 7.44. The van der Waals surface area contributed by atoms with Crippen molar-refractivity contribution in [3.05, 3.63) is 34.3 Å². The number of imidazole rings is 1. The molecule has 0 spiro atoms. The molecule has 0 radical (unpaired) electrons. The van der Waals surface area contributed by atoms with Crippen LogP contribution in [0, 0.1) is 24.2 Å². The highest BCUT2D eigenvalue weighted by Gasteiger charge is 2.38. The first-order valence-electron chi connectivity index (χ1n) is 8.89. The maximum absolute atomic E-state index is 14.2. The van der Waals surface area contributed by atoms with Gasteiger partial charge in [0, 0.05) is 19.8 Å². The molecule has 3 rings (SSSR count). The monoisotopic (exact) mass is 397 g/mol. The fraction of sp³-hybridized carbons (Fsp3) is 0.526. The molecular formula is C19H19F4N3O2. The molecule has 2 heterocycles. The smallest absolute Gasteiger partial charge is 0.336 e. The second kappa shape index (κ2) is 6.76. The van der Waals surface area contributed by atoms with Crippen LogP contribution in [0.2, 0.25) is 0 Å². The number of nitriles is 1. The summed E-state index contributed by atoms with van der Waals surface area (Å²) in [6.45, 7) is 2.10. The molecule has 0 atom stereocenters. The molecule has 1 aliphatic rings. The van der Waals surface area contributed by atoms with Crippen LogP contribution in [-0.4, -0.2) is 26.4 Å². The molecule has 0 bridgehead atoms. The third-order valence-electron chi connectivity index (χ3n) is 5.33. The molecule has 0 amide bonds. The van der Waals surface area contributed by atoms with Crippen LogP contribution in [0.25, 0.3) is 5.65 Å². The lowest BCUT2D eigenvalue weighted by Crippen LogP contribution is -2.26. The molecule has 1 aliphatic carbocycles. The maximum atomic E-state index is 14.2. The van der Waals surface area contributed by atoms with Crippen molar-refractivity contribution in [1.29, 1.82) is 5.26 Å². The van der Waals surface area contributed by atoms with E-state index in [4.69, 9.17) is 0 Å². The Hall–Kier alpha value is -2.63. The van der Waals surface area contributed by atoms with E-state index in [1.807, 2.05) is 6.07 Å². The number of pyridine rings is 1. The minimum absolute atomic E-state index is 0.0628. The number of hydrogen-bond donors (Lipinski definition) is 1. The van der Waals surface area contributed by atoms with Gasteiger partial charge in [0.25, 0.3) is 5.92 Å². The van der Waals surface area contributed by atoms with Gasteiger partial charge in [-0.2, -0.15) is 14.0 Å². The summed E-state index contributed by atoms with van der Waals surface area (Å²) < 4.78 is 56.6. The van der Waals surface area contributed by atoms with Crippen LogP contribution in [0.3, 0.4) is 0 Å². The third-order valence-corrected chi connectivity index (χ3v) is 5.33. The molecule has 150 valence electrons. The van der Waals surface area contributed by atoms with Crippen LogP contribution in [0.5, 0.6) is 0 Å². The number of carboxylic acid groups (broad SMARTS) is 1. The predicted octanol–water partition coefficient (Wildman–Crippen LogP) is 4.69. The summed E-state index contributed by atoms with van der Waals surface area (Å²) in [6.07, 6.45) is -0.179. The summed E-state index contributed by atoms with van der Waals surface area (Å²) in [5.41, 5.74) is -0.676. The quantitative estimate of drug-likeness (QED) is 0.759. The molecule has 0 aromatic carbocycles. The first-order chi connectivity index (χ1) is 12.9. The van der Waals surface area contributed by atoms with E-state index in [2.05, 4.69) is 4.98 Å². The second-order valence-corrected chi connectivity index (χ2v) is 7.44. The van der Waals surface area contributed by atoms with Gasteiger partial charge in [0.05, 0.1) is 11.3 Å². The van der Waals surface area contributed by atoms with Crippen molar-refractivity contribution in [2.24, 2.45) is 5.92 Å². The van der Waals surface area contributed by atoms with Crippen molar-refractivity contribution < 1.29 is 27.5 Å². The first-order valence-corrected chi connectivity index (χ1v) is 8.89. The molecule has 2 aromatic rings. The summed E-state index contributed by atoms with van der Waals surface area (Å²) in [5.74, 6) is -7.60. The highest BCUT2D eigenvalue weighted by molar-refractivity contribution is 5.91. The van der Waals surface area contributed by atoms with Crippen molar-refractivity contribution in [3.8, 4) is 6.07 Å². The van der Waals surface area contributed by atoms with Gasteiger partial charge < -0.3 is 5.11 Å². The van der Waals surface area contributed by atoms with Gasteiger partial charge in [-0.15, -0.1) is 0 Å². The van der Waals surface area contributed by atoms with Crippen molar-refractivity contribution in [2.75, 3.05) is 0 Å². The van der Waals surface area contributed by atoms with Gasteiger partial charge in [0.1, 0.15) is 23.1 Å². The molecule has 0 unspecified atom stereocenters. The van der Waals surface area contributed by atoms with Crippen molar-refractivity contribution in [3.63, 3.8) is 0 Å². The lowest BCUT2D eigenvalue weighted by molar-refractivity contribution is -0.0460. The third kappa shape index (κ3) is 3.55. The highest BCUT2D eigenvalue weighted by atomic mass is 19.3. The Morgan fingerprint density at radius 3 is 2.54 bits per heavy atom. The van der Waals surface area contributed by atoms with Gasteiger partial charge in [-0.3, -0.25) is 4.40 Å². The number of rotatable bonds is 4. The van der Waals surface area contributed by atoms with Gasteiger partial charge in [0.15, 0.2) is 0 Å². The van der Waals surface area contributed by atoms with Gasteiger partial charge in [0.2, 0.25) is 5.92 Å². The molecule has 0 saturated heterocycles. The number of aromatic carboxylic acids is 1. The van der Waals surface area contributed by atoms with Crippen LogP contribution >= 0.6 is 0 Å². The molecule has 5 nitrogen and oxygen atoms in total. The molecule has 2 aromatic heterocycles. The van der Waals surface area contributed by atoms with E-state index < -0.39 is 23.5 Å². The lowest BCUT2D eigenvalue weighted by atomic mass is 9.83. The zero-order valence-corrected chi connectivity index (χ0v) is 15.4. The number of alkyl halides is 4. The molecule has 1 fully saturated rings. The molecule has 28 heavy (non-hydrogen) atoms. The fourth-order valence-corrected chi connectivity index (χ4v) is 3.83. The minimum atomic E-state index is -3.33. The fourth-order valence-electron chi connectivity index (χ4n) is 3.83. The summed E-state index contributed by atoms with van der Waals surface area (Å²) in [7, 11) is 0. The molecule has 1 N–H and O–H groups in total. The molecule has 9 heteroatoms. The average molecular weight is 397 g/mol. The van der Waals surface area contributed by atoms with Gasteiger partial charge in [-0.1, -0.05) is 0 Å². The van der Waals surface area contributed by atoms with Crippen molar-refractivity contribution in [2.45, 2.75) is 57.8 Å². The summed E-state index contributed by atoms with van der Waals surface area (Å²) in [4.78, 5) is 15.4. The summed E-state index contributed by atoms with van der Waals surface area (Å²) in [5, 5.41) is 18.9. The van der Waals surface area contributed by atoms with Crippen LogP contribution in [0.1, 0.15) is 65.6 Å². The average Bonchev–Trinajstić information content (AvgIpc) is 2.94. The Kier molecular flexibility index (Phi) is 4.86.